The van der Waals surface area contributed by atoms with Gasteiger partial charge in [-0.3, -0.25) is 0 Å². The maximum absolute atomic E-state index is 13.1. The molecule has 0 saturated heterocycles. The summed E-state index contributed by atoms with van der Waals surface area (Å²) in [7, 11) is 0. The molecular weight excluding hydrogens is 190 g/mol. The standard InChI is InChI=1S/C10H12F2O2/c1-6-4-9(14)7(2)3-8(6)10(11,12)5-13/h3-4,13-14H,5H2,1-2H3. The normalized spacial score (nSPS) is 11.8. The number of phenolic OH excluding ortho intramolecular Hbond substituents is 1. The van der Waals surface area contributed by atoms with Crippen LogP contribution in [0.4, 0.5) is 8.78 Å². The molecule has 0 aromatic heterocycles. The van der Waals surface area contributed by atoms with Gasteiger partial charge in [0.05, 0.1) is 0 Å². The van der Waals surface area contributed by atoms with Crippen molar-refractivity contribution >= 4 is 0 Å². The molecule has 14 heavy (non-hydrogen) atoms. The van der Waals surface area contributed by atoms with E-state index in [4.69, 9.17) is 5.11 Å². The highest BCUT2D eigenvalue weighted by molar-refractivity contribution is 5.42. The molecule has 78 valence electrons. The molecule has 0 aliphatic rings. The molecule has 1 rings (SSSR count). The average Bonchev–Trinajstić information content (AvgIpc) is 2.11. The number of benzene rings is 1. The third kappa shape index (κ3) is 1.85. The van der Waals surface area contributed by atoms with E-state index >= 15 is 0 Å². The van der Waals surface area contributed by atoms with Crippen LogP contribution in [0, 0.1) is 13.8 Å². The summed E-state index contributed by atoms with van der Waals surface area (Å²) in [5.74, 6) is -3.26. The lowest BCUT2D eigenvalue weighted by Gasteiger charge is -2.17. The van der Waals surface area contributed by atoms with Gasteiger partial charge in [-0.15, -0.1) is 0 Å². The van der Waals surface area contributed by atoms with Gasteiger partial charge < -0.3 is 10.2 Å². The van der Waals surface area contributed by atoms with E-state index in [0.29, 0.717) is 5.56 Å². The fourth-order valence-corrected chi connectivity index (χ4v) is 1.28. The Hall–Kier alpha value is -1.16. The fourth-order valence-electron chi connectivity index (χ4n) is 1.28. The summed E-state index contributed by atoms with van der Waals surface area (Å²) < 4.78 is 26.3. The van der Waals surface area contributed by atoms with Crippen molar-refractivity contribution in [2.45, 2.75) is 19.8 Å². The van der Waals surface area contributed by atoms with Crippen molar-refractivity contribution < 1.29 is 19.0 Å². The maximum atomic E-state index is 13.1. The van der Waals surface area contributed by atoms with Crippen molar-refractivity contribution in [1.82, 2.24) is 0 Å². The topological polar surface area (TPSA) is 40.5 Å². The van der Waals surface area contributed by atoms with E-state index in [-0.39, 0.29) is 16.9 Å². The van der Waals surface area contributed by atoms with Gasteiger partial charge in [-0.05, 0) is 37.1 Å². The highest BCUT2D eigenvalue weighted by Crippen LogP contribution is 2.33. The lowest BCUT2D eigenvalue weighted by atomic mass is 10.00. The first kappa shape index (κ1) is 10.9. The Balaban J connectivity index is 3.29. The zero-order valence-corrected chi connectivity index (χ0v) is 8.01. The van der Waals surface area contributed by atoms with Crippen molar-refractivity contribution in [3.05, 3.63) is 28.8 Å². The van der Waals surface area contributed by atoms with E-state index in [0.717, 1.165) is 0 Å². The molecule has 0 saturated carbocycles. The molecule has 0 heterocycles. The summed E-state index contributed by atoms with van der Waals surface area (Å²) in [5.41, 5.74) is 0.404. The molecule has 0 aliphatic carbocycles. The van der Waals surface area contributed by atoms with Crippen LogP contribution in [0.1, 0.15) is 16.7 Å². The molecule has 0 amide bonds. The monoisotopic (exact) mass is 202 g/mol. The van der Waals surface area contributed by atoms with Crippen LogP contribution in [0.3, 0.4) is 0 Å². The predicted molar refractivity (Wildman–Crippen MR) is 48.6 cm³/mol. The third-order valence-electron chi connectivity index (χ3n) is 2.14. The molecular formula is C10H12F2O2. The van der Waals surface area contributed by atoms with Crippen molar-refractivity contribution in [3.8, 4) is 5.75 Å². The van der Waals surface area contributed by atoms with Gasteiger partial charge in [-0.1, -0.05) is 0 Å². The summed E-state index contributed by atoms with van der Waals surface area (Å²) in [6, 6.07) is 2.47. The molecule has 0 radical (unpaired) electrons. The van der Waals surface area contributed by atoms with Gasteiger partial charge in [0, 0.05) is 5.56 Å². The van der Waals surface area contributed by atoms with Crippen LogP contribution in [0.5, 0.6) is 5.75 Å². The van der Waals surface area contributed by atoms with E-state index in [1.165, 1.54) is 26.0 Å². The molecule has 0 unspecified atom stereocenters. The first-order chi connectivity index (χ1) is 6.38. The van der Waals surface area contributed by atoms with Gasteiger partial charge in [-0.25, -0.2) is 0 Å². The fraction of sp³-hybridized carbons (Fsp3) is 0.400. The minimum atomic E-state index is -3.25. The smallest absolute Gasteiger partial charge is 0.296 e. The van der Waals surface area contributed by atoms with Gasteiger partial charge in [0.25, 0.3) is 5.92 Å². The van der Waals surface area contributed by atoms with Crippen LogP contribution in [-0.2, 0) is 5.92 Å². The Morgan fingerprint density at radius 2 is 1.79 bits per heavy atom. The molecule has 2 nitrogen and oxygen atoms in total. The van der Waals surface area contributed by atoms with Crippen LogP contribution in [-0.4, -0.2) is 16.8 Å². The minimum Gasteiger partial charge on any atom is -0.508 e. The second kappa shape index (κ2) is 3.53. The number of aryl methyl sites for hydroxylation is 2. The molecule has 0 spiro atoms. The molecule has 0 bridgehead atoms. The molecule has 1 aromatic carbocycles. The van der Waals surface area contributed by atoms with E-state index < -0.39 is 12.5 Å². The number of rotatable bonds is 2. The van der Waals surface area contributed by atoms with E-state index in [9.17, 15) is 13.9 Å². The van der Waals surface area contributed by atoms with E-state index in [2.05, 4.69) is 0 Å². The quantitative estimate of drug-likeness (QED) is 0.770. The van der Waals surface area contributed by atoms with Gasteiger partial charge in [0.15, 0.2) is 0 Å². The Morgan fingerprint density at radius 3 is 2.29 bits per heavy atom. The van der Waals surface area contributed by atoms with Crippen LogP contribution < -0.4 is 0 Å². The second-order valence-electron chi connectivity index (χ2n) is 3.32. The summed E-state index contributed by atoms with van der Waals surface area (Å²) >= 11 is 0. The lowest BCUT2D eigenvalue weighted by Crippen LogP contribution is -2.19. The molecule has 0 aliphatic heterocycles. The van der Waals surface area contributed by atoms with Crippen LogP contribution >= 0.6 is 0 Å². The summed E-state index contributed by atoms with van der Waals surface area (Å²) in [6.45, 7) is 1.78. The number of aromatic hydroxyl groups is 1. The van der Waals surface area contributed by atoms with Crippen molar-refractivity contribution in [2.24, 2.45) is 0 Å². The number of hydrogen-bond donors (Lipinski definition) is 2. The summed E-state index contributed by atoms with van der Waals surface area (Å²) in [6.07, 6.45) is 0. The summed E-state index contributed by atoms with van der Waals surface area (Å²) in [4.78, 5) is 0. The third-order valence-corrected chi connectivity index (χ3v) is 2.14. The highest BCUT2D eigenvalue weighted by atomic mass is 19.3. The predicted octanol–water partition coefficient (Wildman–Crippen LogP) is 2.09. The lowest BCUT2D eigenvalue weighted by molar-refractivity contribution is -0.0561. The largest absolute Gasteiger partial charge is 0.508 e. The van der Waals surface area contributed by atoms with Gasteiger partial charge in [-0.2, -0.15) is 8.78 Å². The van der Waals surface area contributed by atoms with Crippen molar-refractivity contribution in [1.29, 1.82) is 0 Å². The van der Waals surface area contributed by atoms with Gasteiger partial charge in [0.2, 0.25) is 0 Å². The van der Waals surface area contributed by atoms with Crippen LogP contribution in [0.2, 0.25) is 0 Å². The number of phenols is 1. The summed E-state index contributed by atoms with van der Waals surface area (Å²) in [5, 5.41) is 17.8. The van der Waals surface area contributed by atoms with Crippen molar-refractivity contribution in [2.75, 3.05) is 6.61 Å². The van der Waals surface area contributed by atoms with Crippen molar-refractivity contribution in [3.63, 3.8) is 0 Å². The molecule has 0 fully saturated rings. The molecule has 0 atom stereocenters. The number of alkyl halides is 2. The zero-order chi connectivity index (χ0) is 10.9. The molecule has 1 aromatic rings. The average molecular weight is 202 g/mol. The van der Waals surface area contributed by atoms with E-state index in [1.807, 2.05) is 0 Å². The minimum absolute atomic E-state index is 0.0139. The molecule has 4 heteroatoms. The number of aliphatic hydroxyl groups excluding tert-OH is 1. The maximum Gasteiger partial charge on any atom is 0.296 e. The first-order valence-corrected chi connectivity index (χ1v) is 4.18. The Labute approximate surface area is 80.8 Å². The highest BCUT2D eigenvalue weighted by Gasteiger charge is 2.32. The number of hydrogen-bond acceptors (Lipinski definition) is 2. The Morgan fingerprint density at radius 1 is 1.21 bits per heavy atom. The zero-order valence-electron chi connectivity index (χ0n) is 8.01. The Kier molecular flexibility index (Phi) is 2.76. The second-order valence-corrected chi connectivity index (χ2v) is 3.32. The van der Waals surface area contributed by atoms with E-state index in [1.54, 1.807) is 0 Å². The van der Waals surface area contributed by atoms with Crippen LogP contribution in [0.25, 0.3) is 0 Å². The molecule has 2 N–H and O–H groups in total. The van der Waals surface area contributed by atoms with Gasteiger partial charge in [0.1, 0.15) is 12.4 Å². The van der Waals surface area contributed by atoms with Gasteiger partial charge >= 0.3 is 0 Å². The Bertz CT molecular complexity index is 348. The number of halogens is 2. The SMILES string of the molecule is Cc1cc(C(F)(F)CO)c(C)cc1O. The number of aliphatic hydroxyl groups is 1. The van der Waals surface area contributed by atoms with Crippen LogP contribution in [0.15, 0.2) is 12.1 Å². The first-order valence-electron chi connectivity index (χ1n) is 4.18.